The molecule has 1 fully saturated rings. The maximum absolute atomic E-state index is 8.96. The van der Waals surface area contributed by atoms with Crippen molar-refractivity contribution in [3.05, 3.63) is 28.2 Å². The molecule has 0 amide bonds. The second-order valence-corrected chi connectivity index (χ2v) is 5.37. The molecule has 0 aromatic heterocycles. The molecule has 1 saturated carbocycles. The highest BCUT2D eigenvalue weighted by molar-refractivity contribution is 9.10. The molecule has 1 aliphatic rings. The van der Waals surface area contributed by atoms with Gasteiger partial charge in [-0.1, -0.05) is 15.9 Å². The zero-order chi connectivity index (χ0) is 12.3. The van der Waals surface area contributed by atoms with Crippen LogP contribution < -0.4 is 10.1 Å². The lowest BCUT2D eigenvalue weighted by Crippen LogP contribution is -2.17. The van der Waals surface area contributed by atoms with E-state index in [1.165, 1.54) is 18.4 Å². The van der Waals surface area contributed by atoms with Gasteiger partial charge in [0.15, 0.2) is 0 Å². The standard InChI is InChI=1S/C13H18BrNO2/c1-9(8-16)17-12-4-5-13(14)10(6-12)7-15-11-2-3-11/h4-6,9,11,15-16H,2-3,7-8H2,1H3. The van der Waals surface area contributed by atoms with E-state index in [4.69, 9.17) is 9.84 Å². The summed E-state index contributed by atoms with van der Waals surface area (Å²) in [6.07, 6.45) is 2.41. The molecule has 1 aromatic carbocycles. The van der Waals surface area contributed by atoms with Gasteiger partial charge in [0, 0.05) is 17.1 Å². The predicted octanol–water partition coefficient (Wildman–Crippen LogP) is 2.46. The summed E-state index contributed by atoms with van der Waals surface area (Å²) >= 11 is 3.54. The number of ether oxygens (including phenoxy) is 1. The average molecular weight is 300 g/mol. The monoisotopic (exact) mass is 299 g/mol. The molecule has 2 N–H and O–H groups in total. The molecule has 0 spiro atoms. The first-order chi connectivity index (χ1) is 8.19. The normalized spacial score (nSPS) is 16.9. The Labute approximate surface area is 110 Å². The number of aliphatic hydroxyl groups is 1. The van der Waals surface area contributed by atoms with Gasteiger partial charge in [-0.15, -0.1) is 0 Å². The number of benzene rings is 1. The van der Waals surface area contributed by atoms with E-state index in [-0.39, 0.29) is 12.7 Å². The Balaban J connectivity index is 1.99. The third-order valence-electron chi connectivity index (χ3n) is 2.77. The fourth-order valence-electron chi connectivity index (χ4n) is 1.57. The van der Waals surface area contributed by atoms with Crippen LogP contribution >= 0.6 is 15.9 Å². The zero-order valence-electron chi connectivity index (χ0n) is 9.95. The van der Waals surface area contributed by atoms with E-state index in [9.17, 15) is 0 Å². The summed E-state index contributed by atoms with van der Waals surface area (Å²) in [5.41, 5.74) is 1.19. The van der Waals surface area contributed by atoms with Crippen molar-refractivity contribution in [3.63, 3.8) is 0 Å². The molecule has 1 atom stereocenters. The summed E-state index contributed by atoms with van der Waals surface area (Å²) in [7, 11) is 0. The fourth-order valence-corrected chi connectivity index (χ4v) is 1.96. The maximum atomic E-state index is 8.96. The molecule has 0 radical (unpaired) electrons. The molecule has 0 bridgehead atoms. The minimum absolute atomic E-state index is 0.0335. The second-order valence-electron chi connectivity index (χ2n) is 4.52. The maximum Gasteiger partial charge on any atom is 0.120 e. The minimum atomic E-state index is -0.166. The van der Waals surface area contributed by atoms with Gasteiger partial charge in [0.25, 0.3) is 0 Å². The molecular weight excluding hydrogens is 282 g/mol. The van der Waals surface area contributed by atoms with Crippen LogP contribution in [0, 0.1) is 0 Å². The minimum Gasteiger partial charge on any atom is -0.488 e. The van der Waals surface area contributed by atoms with Crippen molar-refractivity contribution in [2.45, 2.75) is 38.5 Å². The molecular formula is C13H18BrNO2. The van der Waals surface area contributed by atoms with Gasteiger partial charge in [-0.3, -0.25) is 0 Å². The van der Waals surface area contributed by atoms with Crippen LogP contribution in [-0.4, -0.2) is 23.9 Å². The molecule has 1 aliphatic carbocycles. The average Bonchev–Trinajstić information content (AvgIpc) is 3.13. The third-order valence-corrected chi connectivity index (χ3v) is 3.54. The van der Waals surface area contributed by atoms with E-state index >= 15 is 0 Å². The van der Waals surface area contributed by atoms with Crippen LogP contribution in [0.15, 0.2) is 22.7 Å². The third kappa shape index (κ3) is 3.98. The van der Waals surface area contributed by atoms with Gasteiger partial charge >= 0.3 is 0 Å². The van der Waals surface area contributed by atoms with E-state index in [1.54, 1.807) is 0 Å². The number of hydrogen-bond acceptors (Lipinski definition) is 3. The molecule has 2 rings (SSSR count). The molecule has 17 heavy (non-hydrogen) atoms. The second kappa shape index (κ2) is 5.85. The van der Waals surface area contributed by atoms with E-state index in [2.05, 4.69) is 21.2 Å². The van der Waals surface area contributed by atoms with E-state index in [0.717, 1.165) is 16.8 Å². The van der Waals surface area contributed by atoms with Gasteiger partial charge in [-0.25, -0.2) is 0 Å². The Kier molecular flexibility index (Phi) is 4.42. The van der Waals surface area contributed by atoms with Crippen LogP contribution in [-0.2, 0) is 6.54 Å². The van der Waals surface area contributed by atoms with Crippen LogP contribution in [0.3, 0.4) is 0 Å². The molecule has 1 unspecified atom stereocenters. The van der Waals surface area contributed by atoms with Crippen LogP contribution in [0.25, 0.3) is 0 Å². The summed E-state index contributed by atoms with van der Waals surface area (Å²) in [4.78, 5) is 0. The first-order valence-corrected chi connectivity index (χ1v) is 6.77. The largest absolute Gasteiger partial charge is 0.488 e. The Morgan fingerprint density at radius 1 is 1.53 bits per heavy atom. The molecule has 0 aliphatic heterocycles. The first kappa shape index (κ1) is 12.9. The quantitative estimate of drug-likeness (QED) is 0.848. The van der Waals surface area contributed by atoms with Crippen LogP contribution in [0.4, 0.5) is 0 Å². The van der Waals surface area contributed by atoms with Gasteiger partial charge in [0.1, 0.15) is 11.9 Å². The number of aliphatic hydroxyl groups excluding tert-OH is 1. The number of hydrogen-bond donors (Lipinski definition) is 2. The summed E-state index contributed by atoms with van der Waals surface area (Å²) in [5.74, 6) is 0.808. The van der Waals surface area contributed by atoms with Gasteiger partial charge < -0.3 is 15.2 Å². The number of rotatable bonds is 6. The number of nitrogens with one attached hydrogen (secondary N) is 1. The summed E-state index contributed by atoms with van der Waals surface area (Å²) < 4.78 is 6.68. The molecule has 3 nitrogen and oxygen atoms in total. The van der Waals surface area contributed by atoms with E-state index in [0.29, 0.717) is 6.04 Å². The Morgan fingerprint density at radius 3 is 2.94 bits per heavy atom. The van der Waals surface area contributed by atoms with Crippen molar-refractivity contribution in [3.8, 4) is 5.75 Å². The molecule has 0 heterocycles. The van der Waals surface area contributed by atoms with E-state index in [1.807, 2.05) is 25.1 Å². The Morgan fingerprint density at radius 2 is 2.29 bits per heavy atom. The highest BCUT2D eigenvalue weighted by atomic mass is 79.9. The summed E-state index contributed by atoms with van der Waals surface area (Å²) in [6.45, 7) is 2.74. The van der Waals surface area contributed by atoms with Crippen molar-refractivity contribution in [1.82, 2.24) is 5.32 Å². The lowest BCUT2D eigenvalue weighted by Gasteiger charge is -2.14. The molecule has 1 aromatic rings. The van der Waals surface area contributed by atoms with Crippen LogP contribution in [0.1, 0.15) is 25.3 Å². The van der Waals surface area contributed by atoms with Gasteiger partial charge in [-0.05, 0) is 43.5 Å². The van der Waals surface area contributed by atoms with Crippen LogP contribution in [0.2, 0.25) is 0 Å². The number of halogens is 1. The summed E-state index contributed by atoms with van der Waals surface area (Å²) in [6, 6.07) is 6.62. The van der Waals surface area contributed by atoms with Crippen LogP contribution in [0.5, 0.6) is 5.75 Å². The van der Waals surface area contributed by atoms with Crippen molar-refractivity contribution < 1.29 is 9.84 Å². The van der Waals surface area contributed by atoms with Gasteiger partial charge in [-0.2, -0.15) is 0 Å². The molecule has 0 saturated heterocycles. The Bertz CT molecular complexity index is 380. The lowest BCUT2D eigenvalue weighted by atomic mass is 10.2. The summed E-state index contributed by atoms with van der Waals surface area (Å²) in [5, 5.41) is 12.4. The lowest BCUT2D eigenvalue weighted by molar-refractivity contribution is 0.129. The first-order valence-electron chi connectivity index (χ1n) is 5.98. The molecule has 4 heteroatoms. The molecule has 94 valence electrons. The topological polar surface area (TPSA) is 41.5 Å². The van der Waals surface area contributed by atoms with Crippen molar-refractivity contribution in [2.24, 2.45) is 0 Å². The predicted molar refractivity (Wildman–Crippen MR) is 71.2 cm³/mol. The van der Waals surface area contributed by atoms with Crippen molar-refractivity contribution in [1.29, 1.82) is 0 Å². The van der Waals surface area contributed by atoms with E-state index < -0.39 is 0 Å². The van der Waals surface area contributed by atoms with Gasteiger partial charge in [0.2, 0.25) is 0 Å². The zero-order valence-corrected chi connectivity index (χ0v) is 11.5. The fraction of sp³-hybridized carbons (Fsp3) is 0.538. The highest BCUT2D eigenvalue weighted by Gasteiger charge is 2.20. The van der Waals surface area contributed by atoms with Crippen molar-refractivity contribution in [2.75, 3.05) is 6.61 Å². The smallest absolute Gasteiger partial charge is 0.120 e. The SMILES string of the molecule is CC(CO)Oc1ccc(Br)c(CNC2CC2)c1. The van der Waals surface area contributed by atoms with Crippen molar-refractivity contribution >= 4 is 15.9 Å². The highest BCUT2D eigenvalue weighted by Crippen LogP contribution is 2.25. The van der Waals surface area contributed by atoms with Gasteiger partial charge in [0.05, 0.1) is 6.61 Å². The Hall–Kier alpha value is -0.580.